The Labute approximate surface area is 107 Å². The summed E-state index contributed by atoms with van der Waals surface area (Å²) in [6.07, 6.45) is 0. The summed E-state index contributed by atoms with van der Waals surface area (Å²) in [6.45, 7) is 1.02. The Morgan fingerprint density at radius 2 is 1.72 bits per heavy atom. The SMILES string of the molecule is NCCOP1Oc2ccccc2-c2ccccc21. The number of hydrogen-bond donors (Lipinski definition) is 1. The predicted octanol–water partition coefficient (Wildman–Crippen LogP) is 2.66. The highest BCUT2D eigenvalue weighted by Crippen LogP contribution is 2.48. The molecule has 0 spiro atoms. The van der Waals surface area contributed by atoms with E-state index in [0.717, 1.165) is 16.6 Å². The van der Waals surface area contributed by atoms with Gasteiger partial charge in [-0.05, 0) is 17.7 Å². The van der Waals surface area contributed by atoms with E-state index in [1.165, 1.54) is 5.56 Å². The number of rotatable bonds is 3. The molecule has 3 rings (SSSR count). The summed E-state index contributed by atoms with van der Waals surface area (Å²) >= 11 is 0. The topological polar surface area (TPSA) is 44.5 Å². The summed E-state index contributed by atoms with van der Waals surface area (Å²) in [5, 5.41) is 1.12. The lowest BCUT2D eigenvalue weighted by atomic mass is 10.0. The van der Waals surface area contributed by atoms with Crippen LogP contribution in [0.4, 0.5) is 0 Å². The van der Waals surface area contributed by atoms with Gasteiger partial charge in [-0.3, -0.25) is 0 Å². The van der Waals surface area contributed by atoms with E-state index in [0.29, 0.717) is 13.2 Å². The van der Waals surface area contributed by atoms with Gasteiger partial charge in [0.2, 0.25) is 0 Å². The van der Waals surface area contributed by atoms with Crippen LogP contribution in [0.5, 0.6) is 5.75 Å². The first kappa shape index (κ1) is 11.7. The fourth-order valence-electron chi connectivity index (χ4n) is 2.00. The van der Waals surface area contributed by atoms with E-state index in [-0.39, 0.29) is 0 Å². The average Bonchev–Trinajstić information content (AvgIpc) is 2.45. The molecular formula is C14H14NO2P. The van der Waals surface area contributed by atoms with Gasteiger partial charge in [0.1, 0.15) is 5.75 Å². The Morgan fingerprint density at radius 1 is 1.00 bits per heavy atom. The van der Waals surface area contributed by atoms with E-state index in [2.05, 4.69) is 18.2 Å². The van der Waals surface area contributed by atoms with Gasteiger partial charge in [-0.2, -0.15) is 0 Å². The van der Waals surface area contributed by atoms with Crippen LogP contribution in [0, 0.1) is 0 Å². The number of para-hydroxylation sites is 1. The molecular weight excluding hydrogens is 245 g/mol. The summed E-state index contributed by atoms with van der Waals surface area (Å²) in [5.74, 6) is 0.888. The van der Waals surface area contributed by atoms with Gasteiger partial charge in [0, 0.05) is 12.1 Å². The van der Waals surface area contributed by atoms with Crippen molar-refractivity contribution < 1.29 is 9.05 Å². The molecule has 0 fully saturated rings. The molecule has 0 aliphatic carbocycles. The van der Waals surface area contributed by atoms with Crippen LogP contribution in [0.3, 0.4) is 0 Å². The second kappa shape index (κ2) is 5.07. The van der Waals surface area contributed by atoms with E-state index in [1.807, 2.05) is 30.3 Å². The summed E-state index contributed by atoms with van der Waals surface area (Å²) in [6, 6.07) is 16.3. The van der Waals surface area contributed by atoms with E-state index in [9.17, 15) is 0 Å². The molecule has 92 valence electrons. The standard InChI is InChI=1S/C14H14NO2P/c15-9-10-16-18-14-8-4-2-6-12(14)11-5-1-3-7-13(11)17-18/h1-8H,9-10,15H2. The summed E-state index contributed by atoms with van der Waals surface area (Å²) in [4.78, 5) is 0. The third kappa shape index (κ3) is 2.01. The maximum atomic E-state index is 5.95. The smallest absolute Gasteiger partial charge is 0.265 e. The van der Waals surface area contributed by atoms with Gasteiger partial charge in [-0.25, -0.2) is 0 Å². The molecule has 0 saturated heterocycles. The maximum absolute atomic E-state index is 5.95. The van der Waals surface area contributed by atoms with Crippen molar-refractivity contribution in [3.05, 3.63) is 48.5 Å². The molecule has 1 heterocycles. The first-order valence-corrected chi connectivity index (χ1v) is 7.07. The highest BCUT2D eigenvalue weighted by atomic mass is 31.2. The molecule has 1 aliphatic rings. The van der Waals surface area contributed by atoms with Crippen molar-refractivity contribution in [1.29, 1.82) is 0 Å². The first-order valence-electron chi connectivity index (χ1n) is 5.89. The highest BCUT2D eigenvalue weighted by molar-refractivity contribution is 7.56. The van der Waals surface area contributed by atoms with Crippen molar-refractivity contribution in [2.75, 3.05) is 13.2 Å². The van der Waals surface area contributed by atoms with Crippen LogP contribution in [0.15, 0.2) is 48.5 Å². The zero-order valence-corrected chi connectivity index (χ0v) is 10.8. The van der Waals surface area contributed by atoms with Crippen molar-refractivity contribution in [1.82, 2.24) is 0 Å². The van der Waals surface area contributed by atoms with Gasteiger partial charge in [-0.15, -0.1) is 0 Å². The number of nitrogens with two attached hydrogens (primary N) is 1. The Bertz CT molecular complexity index is 559. The van der Waals surface area contributed by atoms with Crippen LogP contribution in [0.25, 0.3) is 11.1 Å². The Kier molecular flexibility index (Phi) is 3.28. The van der Waals surface area contributed by atoms with E-state index in [1.54, 1.807) is 0 Å². The van der Waals surface area contributed by atoms with Crippen molar-refractivity contribution in [2.24, 2.45) is 5.73 Å². The summed E-state index contributed by atoms with van der Waals surface area (Å²) < 4.78 is 11.7. The number of benzene rings is 2. The highest BCUT2D eigenvalue weighted by Gasteiger charge is 2.27. The molecule has 4 heteroatoms. The third-order valence-corrected chi connectivity index (χ3v) is 4.35. The molecule has 0 radical (unpaired) electrons. The minimum absolute atomic E-state index is 0.506. The van der Waals surface area contributed by atoms with Crippen molar-refractivity contribution in [3.8, 4) is 16.9 Å². The van der Waals surface area contributed by atoms with Crippen LogP contribution < -0.4 is 15.6 Å². The Balaban J connectivity index is 2.05. The first-order chi connectivity index (χ1) is 8.90. The molecule has 1 atom stereocenters. The van der Waals surface area contributed by atoms with Gasteiger partial charge in [0.25, 0.3) is 8.38 Å². The molecule has 0 aromatic heterocycles. The van der Waals surface area contributed by atoms with Crippen molar-refractivity contribution in [2.45, 2.75) is 0 Å². The molecule has 1 aliphatic heterocycles. The number of fused-ring (bicyclic) bond motifs is 3. The minimum atomic E-state index is -1.06. The summed E-state index contributed by atoms with van der Waals surface area (Å²) in [7, 11) is -1.06. The fraction of sp³-hybridized carbons (Fsp3) is 0.143. The molecule has 0 bridgehead atoms. The quantitative estimate of drug-likeness (QED) is 0.862. The normalized spacial score (nSPS) is 16.6. The molecule has 2 aromatic rings. The second-order valence-corrected chi connectivity index (χ2v) is 5.42. The number of hydrogen-bond acceptors (Lipinski definition) is 3. The van der Waals surface area contributed by atoms with Gasteiger partial charge in [0.05, 0.1) is 11.9 Å². The molecule has 18 heavy (non-hydrogen) atoms. The molecule has 2 aromatic carbocycles. The zero-order chi connectivity index (χ0) is 12.4. The van der Waals surface area contributed by atoms with Crippen LogP contribution in [-0.4, -0.2) is 13.2 Å². The lowest BCUT2D eigenvalue weighted by Gasteiger charge is -2.26. The van der Waals surface area contributed by atoms with Gasteiger partial charge in [0.15, 0.2) is 0 Å². The Hall–Kier alpha value is -1.41. The van der Waals surface area contributed by atoms with E-state index in [4.69, 9.17) is 14.8 Å². The van der Waals surface area contributed by atoms with E-state index < -0.39 is 8.38 Å². The van der Waals surface area contributed by atoms with E-state index >= 15 is 0 Å². The average molecular weight is 259 g/mol. The monoisotopic (exact) mass is 259 g/mol. The van der Waals surface area contributed by atoms with Gasteiger partial charge >= 0.3 is 0 Å². The minimum Gasteiger partial charge on any atom is -0.443 e. The third-order valence-electron chi connectivity index (χ3n) is 2.79. The van der Waals surface area contributed by atoms with Crippen LogP contribution >= 0.6 is 8.38 Å². The predicted molar refractivity (Wildman–Crippen MR) is 74.1 cm³/mol. The van der Waals surface area contributed by atoms with Crippen molar-refractivity contribution in [3.63, 3.8) is 0 Å². The zero-order valence-electron chi connectivity index (χ0n) is 9.87. The molecule has 0 saturated carbocycles. The largest absolute Gasteiger partial charge is 0.443 e. The molecule has 2 N–H and O–H groups in total. The van der Waals surface area contributed by atoms with Crippen LogP contribution in [0.1, 0.15) is 0 Å². The molecule has 3 nitrogen and oxygen atoms in total. The van der Waals surface area contributed by atoms with Crippen molar-refractivity contribution >= 4 is 13.7 Å². The Morgan fingerprint density at radius 3 is 2.56 bits per heavy atom. The van der Waals surface area contributed by atoms with Gasteiger partial charge < -0.3 is 14.8 Å². The van der Waals surface area contributed by atoms with Crippen LogP contribution in [0.2, 0.25) is 0 Å². The molecule has 1 unspecified atom stereocenters. The van der Waals surface area contributed by atoms with Crippen LogP contribution in [-0.2, 0) is 4.52 Å². The second-order valence-electron chi connectivity index (χ2n) is 3.98. The fourth-order valence-corrected chi connectivity index (χ4v) is 3.50. The lowest BCUT2D eigenvalue weighted by Crippen LogP contribution is -2.18. The summed E-state index contributed by atoms with van der Waals surface area (Å²) in [5.41, 5.74) is 7.81. The lowest BCUT2D eigenvalue weighted by molar-refractivity contribution is 0.330. The maximum Gasteiger partial charge on any atom is 0.265 e. The van der Waals surface area contributed by atoms with Gasteiger partial charge in [-0.1, -0.05) is 36.4 Å². The molecule has 0 amide bonds.